The van der Waals surface area contributed by atoms with Crippen molar-refractivity contribution in [2.75, 3.05) is 18.5 Å². The molecule has 2 nitrogen and oxygen atoms in total. The van der Waals surface area contributed by atoms with Crippen LogP contribution < -0.4 is 10.2 Å². The minimum Gasteiger partial charge on any atom is -0.368 e. The van der Waals surface area contributed by atoms with Gasteiger partial charge >= 0.3 is 0 Å². The zero-order chi connectivity index (χ0) is 13.9. The summed E-state index contributed by atoms with van der Waals surface area (Å²) in [7, 11) is 2.02. The predicted octanol–water partition coefficient (Wildman–Crippen LogP) is 4.13. The second kappa shape index (κ2) is 6.17. The van der Waals surface area contributed by atoms with Gasteiger partial charge in [0.25, 0.3) is 0 Å². The highest BCUT2D eigenvalue weighted by Crippen LogP contribution is 2.37. The fourth-order valence-corrected chi connectivity index (χ4v) is 4.07. The van der Waals surface area contributed by atoms with Crippen LogP contribution in [0.3, 0.4) is 0 Å². The first-order valence-corrected chi connectivity index (χ1v) is 8.33. The first kappa shape index (κ1) is 13.9. The molecule has 2 unspecified atom stereocenters. The van der Waals surface area contributed by atoms with E-state index in [-0.39, 0.29) is 0 Å². The summed E-state index contributed by atoms with van der Waals surface area (Å²) in [4.78, 5) is 2.68. The van der Waals surface area contributed by atoms with Crippen LogP contribution in [0.2, 0.25) is 0 Å². The largest absolute Gasteiger partial charge is 0.368 e. The molecule has 2 atom stereocenters. The molecule has 1 aromatic carbocycles. The van der Waals surface area contributed by atoms with E-state index in [1.165, 1.54) is 56.3 Å². The van der Waals surface area contributed by atoms with Gasteiger partial charge in [-0.15, -0.1) is 0 Å². The van der Waals surface area contributed by atoms with Gasteiger partial charge in [0.15, 0.2) is 0 Å². The number of hydrogen-bond acceptors (Lipinski definition) is 2. The first-order valence-electron chi connectivity index (χ1n) is 8.33. The van der Waals surface area contributed by atoms with Crippen LogP contribution in [0.4, 0.5) is 5.69 Å². The summed E-state index contributed by atoms with van der Waals surface area (Å²) >= 11 is 0. The molecule has 20 heavy (non-hydrogen) atoms. The van der Waals surface area contributed by atoms with Crippen molar-refractivity contribution >= 4 is 5.69 Å². The second-order valence-corrected chi connectivity index (χ2v) is 6.55. The van der Waals surface area contributed by atoms with Crippen LogP contribution in [0.25, 0.3) is 0 Å². The van der Waals surface area contributed by atoms with Crippen molar-refractivity contribution in [3.8, 4) is 0 Å². The molecule has 1 saturated heterocycles. The van der Waals surface area contributed by atoms with Gasteiger partial charge in [-0.2, -0.15) is 0 Å². The number of nitrogens with zero attached hydrogens (tertiary/aromatic N) is 1. The highest BCUT2D eigenvalue weighted by atomic mass is 15.2. The van der Waals surface area contributed by atoms with Crippen LogP contribution in [0, 0.1) is 5.92 Å². The Labute approximate surface area is 123 Å². The Morgan fingerprint density at radius 2 is 1.75 bits per heavy atom. The Kier molecular flexibility index (Phi) is 4.30. The number of anilines is 1. The van der Waals surface area contributed by atoms with Crippen LogP contribution in [0.15, 0.2) is 24.3 Å². The van der Waals surface area contributed by atoms with E-state index in [0.29, 0.717) is 6.04 Å². The van der Waals surface area contributed by atoms with E-state index in [4.69, 9.17) is 0 Å². The standard InChI is InChI=1S/C18H28N2/c1-14(19-2)15-9-11-17(12-10-15)20-13-5-8-18(20)16-6-3-4-7-16/h9-12,14,16,18-19H,3-8,13H2,1-2H3. The van der Waals surface area contributed by atoms with E-state index in [2.05, 4.69) is 41.4 Å². The molecule has 110 valence electrons. The lowest BCUT2D eigenvalue weighted by atomic mass is 9.95. The van der Waals surface area contributed by atoms with E-state index in [1.807, 2.05) is 7.05 Å². The zero-order valence-corrected chi connectivity index (χ0v) is 12.9. The zero-order valence-electron chi connectivity index (χ0n) is 12.9. The maximum Gasteiger partial charge on any atom is 0.0369 e. The maximum absolute atomic E-state index is 3.31. The van der Waals surface area contributed by atoms with Crippen molar-refractivity contribution in [1.29, 1.82) is 0 Å². The number of nitrogens with one attached hydrogen (secondary N) is 1. The van der Waals surface area contributed by atoms with Crippen molar-refractivity contribution in [1.82, 2.24) is 5.32 Å². The van der Waals surface area contributed by atoms with E-state index in [9.17, 15) is 0 Å². The molecule has 1 N–H and O–H groups in total. The summed E-state index contributed by atoms with van der Waals surface area (Å²) in [6.07, 6.45) is 8.59. The number of rotatable bonds is 4. The lowest BCUT2D eigenvalue weighted by molar-refractivity contribution is 0.431. The third-order valence-electron chi connectivity index (χ3n) is 5.40. The molecule has 1 heterocycles. The summed E-state index contributed by atoms with van der Waals surface area (Å²) in [5.41, 5.74) is 2.82. The van der Waals surface area contributed by atoms with Gasteiger partial charge in [-0.1, -0.05) is 25.0 Å². The minimum atomic E-state index is 0.438. The third-order valence-corrected chi connectivity index (χ3v) is 5.40. The van der Waals surface area contributed by atoms with Crippen LogP contribution >= 0.6 is 0 Å². The van der Waals surface area contributed by atoms with E-state index in [0.717, 1.165) is 12.0 Å². The second-order valence-electron chi connectivity index (χ2n) is 6.55. The average Bonchev–Trinajstić information content (AvgIpc) is 3.16. The van der Waals surface area contributed by atoms with Crippen molar-refractivity contribution in [2.45, 2.75) is 57.5 Å². The van der Waals surface area contributed by atoms with Crippen molar-refractivity contribution in [3.05, 3.63) is 29.8 Å². The van der Waals surface area contributed by atoms with Crippen LogP contribution in [0.1, 0.15) is 57.1 Å². The fourth-order valence-electron chi connectivity index (χ4n) is 4.07. The van der Waals surface area contributed by atoms with Gasteiger partial charge < -0.3 is 10.2 Å². The summed E-state index contributed by atoms with van der Waals surface area (Å²) < 4.78 is 0. The molecule has 1 aromatic rings. The van der Waals surface area contributed by atoms with Crippen molar-refractivity contribution < 1.29 is 0 Å². The summed E-state index contributed by atoms with van der Waals surface area (Å²) in [5.74, 6) is 0.952. The van der Waals surface area contributed by atoms with E-state index in [1.54, 1.807) is 0 Å². The van der Waals surface area contributed by atoms with Crippen LogP contribution in [0.5, 0.6) is 0 Å². The molecular formula is C18H28N2. The lowest BCUT2D eigenvalue weighted by Crippen LogP contribution is -2.34. The number of benzene rings is 1. The van der Waals surface area contributed by atoms with Gasteiger partial charge in [-0.3, -0.25) is 0 Å². The Morgan fingerprint density at radius 1 is 1.05 bits per heavy atom. The fraction of sp³-hybridized carbons (Fsp3) is 0.667. The van der Waals surface area contributed by atoms with Gasteiger partial charge in [0.1, 0.15) is 0 Å². The third kappa shape index (κ3) is 2.71. The van der Waals surface area contributed by atoms with E-state index < -0.39 is 0 Å². The highest BCUT2D eigenvalue weighted by Gasteiger charge is 2.33. The Balaban J connectivity index is 1.74. The Morgan fingerprint density at radius 3 is 2.40 bits per heavy atom. The van der Waals surface area contributed by atoms with Gasteiger partial charge in [-0.25, -0.2) is 0 Å². The molecule has 1 saturated carbocycles. The monoisotopic (exact) mass is 272 g/mol. The molecule has 0 spiro atoms. The quantitative estimate of drug-likeness (QED) is 0.886. The Hall–Kier alpha value is -1.02. The molecule has 0 bridgehead atoms. The summed E-state index contributed by atoms with van der Waals surface area (Å²) in [5, 5.41) is 3.31. The molecule has 2 fully saturated rings. The minimum absolute atomic E-state index is 0.438. The molecule has 2 heteroatoms. The van der Waals surface area contributed by atoms with Gasteiger partial charge in [0, 0.05) is 24.3 Å². The number of hydrogen-bond donors (Lipinski definition) is 1. The predicted molar refractivity (Wildman–Crippen MR) is 86.2 cm³/mol. The van der Waals surface area contributed by atoms with Crippen LogP contribution in [-0.4, -0.2) is 19.6 Å². The maximum atomic E-state index is 3.31. The molecule has 0 radical (unpaired) electrons. The summed E-state index contributed by atoms with van der Waals surface area (Å²) in [6, 6.07) is 10.5. The van der Waals surface area contributed by atoms with Gasteiger partial charge in [0.05, 0.1) is 0 Å². The summed E-state index contributed by atoms with van der Waals surface area (Å²) in [6.45, 7) is 3.47. The molecule has 1 aliphatic heterocycles. The molecule has 3 rings (SSSR count). The molecule has 2 aliphatic rings. The highest BCUT2D eigenvalue weighted by molar-refractivity contribution is 5.50. The molecule has 0 amide bonds. The smallest absolute Gasteiger partial charge is 0.0369 e. The lowest BCUT2D eigenvalue weighted by Gasteiger charge is -2.31. The topological polar surface area (TPSA) is 15.3 Å². The molecular weight excluding hydrogens is 244 g/mol. The Bertz CT molecular complexity index is 420. The van der Waals surface area contributed by atoms with Crippen molar-refractivity contribution in [2.24, 2.45) is 5.92 Å². The first-order chi connectivity index (χ1) is 9.79. The molecule has 0 aromatic heterocycles. The SMILES string of the molecule is CNC(C)c1ccc(N2CCCC2C2CCCC2)cc1. The van der Waals surface area contributed by atoms with E-state index >= 15 is 0 Å². The molecule has 1 aliphatic carbocycles. The van der Waals surface area contributed by atoms with Gasteiger partial charge in [0.2, 0.25) is 0 Å². The van der Waals surface area contributed by atoms with Crippen molar-refractivity contribution in [3.63, 3.8) is 0 Å². The normalized spacial score (nSPS) is 25.3. The average molecular weight is 272 g/mol. The van der Waals surface area contributed by atoms with Crippen LogP contribution in [-0.2, 0) is 0 Å². The van der Waals surface area contributed by atoms with Gasteiger partial charge in [-0.05, 0) is 63.3 Å².